The van der Waals surface area contributed by atoms with Gasteiger partial charge in [-0.3, -0.25) is 4.79 Å². The molecule has 17 heavy (non-hydrogen) atoms. The van der Waals surface area contributed by atoms with Gasteiger partial charge < -0.3 is 16.2 Å². The molecule has 4 N–H and O–H groups in total. The lowest BCUT2D eigenvalue weighted by Crippen LogP contribution is -2.43. The topological polar surface area (TPSA) is 75.3 Å². The number of nitrogens with two attached hydrogens (primary N) is 1. The molecule has 4 nitrogen and oxygen atoms in total. The van der Waals surface area contributed by atoms with Crippen molar-refractivity contribution in [3.05, 3.63) is 29.3 Å². The van der Waals surface area contributed by atoms with E-state index in [4.69, 9.17) is 18.0 Å². The third-order valence-corrected chi connectivity index (χ3v) is 2.89. The van der Waals surface area contributed by atoms with Crippen molar-refractivity contribution in [1.82, 2.24) is 5.32 Å². The molecule has 0 saturated heterocycles. The van der Waals surface area contributed by atoms with Gasteiger partial charge >= 0.3 is 0 Å². The number of phenolic OH excluding ortho intramolecular Hbond substituents is 1. The van der Waals surface area contributed by atoms with Crippen LogP contribution in [-0.2, 0) is 0 Å². The lowest BCUT2D eigenvalue weighted by molar-refractivity contribution is 0.0945. The van der Waals surface area contributed by atoms with Gasteiger partial charge in [-0.2, -0.15) is 0 Å². The highest BCUT2D eigenvalue weighted by atomic mass is 32.1. The molecule has 0 spiro atoms. The normalized spacial score (nSPS) is 11.9. The third-order valence-electron chi connectivity index (χ3n) is 2.61. The number of nitrogens with one attached hydrogen (secondary N) is 1. The van der Waals surface area contributed by atoms with E-state index in [2.05, 4.69) is 5.32 Å². The van der Waals surface area contributed by atoms with Crippen LogP contribution in [0.2, 0.25) is 0 Å². The molecule has 0 aliphatic heterocycles. The number of thiocarbonyl (C=S) groups is 1. The molecule has 1 amide bonds. The van der Waals surface area contributed by atoms with Crippen molar-refractivity contribution in [3.63, 3.8) is 0 Å². The zero-order valence-electron chi connectivity index (χ0n) is 9.86. The monoisotopic (exact) mass is 252 g/mol. The van der Waals surface area contributed by atoms with E-state index in [-0.39, 0.29) is 22.7 Å². The number of amides is 1. The minimum atomic E-state index is -0.320. The molecule has 1 aromatic rings. The van der Waals surface area contributed by atoms with Gasteiger partial charge in [0.1, 0.15) is 5.75 Å². The first-order valence-corrected chi connectivity index (χ1v) is 5.77. The Morgan fingerprint density at radius 1 is 1.59 bits per heavy atom. The average molecular weight is 252 g/mol. The summed E-state index contributed by atoms with van der Waals surface area (Å²) in [5, 5.41) is 12.3. The molecule has 0 bridgehead atoms. The minimum absolute atomic E-state index is 0.0982. The van der Waals surface area contributed by atoms with Crippen LogP contribution in [-0.4, -0.2) is 22.0 Å². The van der Waals surface area contributed by atoms with Crippen molar-refractivity contribution in [1.29, 1.82) is 0 Å². The predicted molar refractivity (Wildman–Crippen MR) is 71.2 cm³/mol. The molecular weight excluding hydrogens is 236 g/mol. The maximum Gasteiger partial charge on any atom is 0.252 e. The summed E-state index contributed by atoms with van der Waals surface area (Å²) < 4.78 is 0. The van der Waals surface area contributed by atoms with Crippen LogP contribution in [0, 0.1) is 6.92 Å². The Morgan fingerprint density at radius 3 is 2.76 bits per heavy atom. The Labute approximate surface area is 106 Å². The number of carbonyl (C=O) groups is 1. The minimum Gasteiger partial charge on any atom is -0.508 e. The molecule has 92 valence electrons. The molecular formula is C12H16N2O2S. The second-order valence-corrected chi connectivity index (χ2v) is 4.26. The molecule has 0 heterocycles. The van der Waals surface area contributed by atoms with Gasteiger partial charge in [0.25, 0.3) is 5.91 Å². The Bertz CT molecular complexity index is 446. The van der Waals surface area contributed by atoms with Gasteiger partial charge in [-0.05, 0) is 25.5 Å². The second-order valence-electron chi connectivity index (χ2n) is 3.79. The summed E-state index contributed by atoms with van der Waals surface area (Å²) in [5.41, 5.74) is 6.48. The molecule has 5 heteroatoms. The largest absolute Gasteiger partial charge is 0.508 e. The highest BCUT2D eigenvalue weighted by molar-refractivity contribution is 7.80. The van der Waals surface area contributed by atoms with Crippen LogP contribution in [0.15, 0.2) is 18.2 Å². The van der Waals surface area contributed by atoms with Gasteiger partial charge in [0.2, 0.25) is 0 Å². The number of hydrogen-bond donors (Lipinski definition) is 3. The summed E-state index contributed by atoms with van der Waals surface area (Å²) in [5.74, 6) is -0.181. The first-order chi connectivity index (χ1) is 7.97. The van der Waals surface area contributed by atoms with Crippen molar-refractivity contribution in [2.75, 3.05) is 0 Å². The van der Waals surface area contributed by atoms with Crippen molar-refractivity contribution in [2.45, 2.75) is 26.3 Å². The molecule has 0 radical (unpaired) electrons. The van der Waals surface area contributed by atoms with E-state index >= 15 is 0 Å². The lowest BCUT2D eigenvalue weighted by atomic mass is 10.1. The van der Waals surface area contributed by atoms with E-state index in [1.807, 2.05) is 6.92 Å². The van der Waals surface area contributed by atoms with Crippen LogP contribution < -0.4 is 11.1 Å². The molecule has 0 fully saturated rings. The number of aromatic hydroxyl groups is 1. The molecule has 0 aliphatic rings. The highest BCUT2D eigenvalue weighted by Gasteiger charge is 2.16. The molecule has 1 aromatic carbocycles. The summed E-state index contributed by atoms with van der Waals surface area (Å²) in [6.07, 6.45) is 0.638. The van der Waals surface area contributed by atoms with Crippen LogP contribution in [0.5, 0.6) is 5.75 Å². The number of rotatable bonds is 4. The quantitative estimate of drug-likeness (QED) is 0.710. The fourth-order valence-electron chi connectivity index (χ4n) is 1.48. The fraction of sp³-hybridized carbons (Fsp3) is 0.333. The maximum absolute atomic E-state index is 12.0. The van der Waals surface area contributed by atoms with Gasteiger partial charge in [0.15, 0.2) is 0 Å². The summed E-state index contributed by atoms with van der Waals surface area (Å²) in [7, 11) is 0. The molecule has 1 unspecified atom stereocenters. The van der Waals surface area contributed by atoms with Crippen molar-refractivity contribution < 1.29 is 9.90 Å². The summed E-state index contributed by atoms with van der Waals surface area (Å²) in [6, 6.07) is 4.49. The molecule has 1 atom stereocenters. The van der Waals surface area contributed by atoms with Crippen molar-refractivity contribution in [2.24, 2.45) is 5.73 Å². The lowest BCUT2D eigenvalue weighted by Gasteiger charge is -2.16. The van der Waals surface area contributed by atoms with Crippen molar-refractivity contribution >= 4 is 23.1 Å². The van der Waals surface area contributed by atoms with Gasteiger partial charge in [0.05, 0.1) is 11.0 Å². The maximum atomic E-state index is 12.0. The third kappa shape index (κ3) is 3.17. The second kappa shape index (κ2) is 5.63. The van der Waals surface area contributed by atoms with E-state index in [1.54, 1.807) is 19.1 Å². The number of phenols is 1. The smallest absolute Gasteiger partial charge is 0.252 e. The van der Waals surface area contributed by atoms with E-state index in [9.17, 15) is 9.90 Å². The summed E-state index contributed by atoms with van der Waals surface area (Å²) >= 11 is 4.86. The Kier molecular flexibility index (Phi) is 4.45. The average Bonchev–Trinajstić information content (AvgIpc) is 2.28. The van der Waals surface area contributed by atoms with Gasteiger partial charge in [0, 0.05) is 11.1 Å². The number of benzene rings is 1. The zero-order chi connectivity index (χ0) is 13.0. The van der Waals surface area contributed by atoms with Crippen LogP contribution in [0.4, 0.5) is 0 Å². The molecule has 0 aromatic heterocycles. The van der Waals surface area contributed by atoms with Gasteiger partial charge in [-0.25, -0.2) is 0 Å². The van der Waals surface area contributed by atoms with Crippen LogP contribution in [0.3, 0.4) is 0 Å². The van der Waals surface area contributed by atoms with Gasteiger partial charge in [-0.1, -0.05) is 25.2 Å². The Balaban J connectivity index is 2.90. The van der Waals surface area contributed by atoms with Gasteiger partial charge in [-0.15, -0.1) is 0 Å². The molecule has 1 rings (SSSR count). The van der Waals surface area contributed by atoms with E-state index in [0.717, 1.165) is 0 Å². The number of carbonyl (C=O) groups excluding carboxylic acids is 1. The van der Waals surface area contributed by atoms with E-state index < -0.39 is 0 Å². The zero-order valence-corrected chi connectivity index (χ0v) is 10.7. The predicted octanol–water partition coefficient (Wildman–Crippen LogP) is 1.50. The van der Waals surface area contributed by atoms with Crippen LogP contribution in [0.1, 0.15) is 29.3 Å². The van der Waals surface area contributed by atoms with Crippen LogP contribution in [0.25, 0.3) is 0 Å². The summed E-state index contributed by atoms with van der Waals surface area (Å²) in [4.78, 5) is 12.2. The SMILES string of the molecule is CCC(NC(=O)c1cccc(O)c1C)C(N)=S. The highest BCUT2D eigenvalue weighted by Crippen LogP contribution is 2.19. The Morgan fingerprint density at radius 2 is 2.24 bits per heavy atom. The summed E-state index contributed by atoms with van der Waals surface area (Å²) in [6.45, 7) is 3.57. The first kappa shape index (κ1) is 13.4. The van der Waals surface area contributed by atoms with Crippen LogP contribution >= 0.6 is 12.2 Å². The Hall–Kier alpha value is -1.62. The standard InChI is InChI=1S/C12H16N2O2S/c1-3-9(11(13)17)14-12(16)8-5-4-6-10(15)7(8)2/h4-6,9,15H,3H2,1-2H3,(H2,13,17)(H,14,16). The molecule has 0 saturated carbocycles. The van der Waals surface area contributed by atoms with E-state index in [0.29, 0.717) is 17.5 Å². The number of hydrogen-bond acceptors (Lipinski definition) is 3. The van der Waals surface area contributed by atoms with Crippen molar-refractivity contribution in [3.8, 4) is 5.75 Å². The fourth-order valence-corrected chi connectivity index (χ4v) is 1.71. The first-order valence-electron chi connectivity index (χ1n) is 5.36. The molecule has 0 aliphatic carbocycles. The van der Waals surface area contributed by atoms with E-state index in [1.165, 1.54) is 6.07 Å².